The fourth-order valence-electron chi connectivity index (χ4n) is 2.28. The van der Waals surface area contributed by atoms with Gasteiger partial charge in [0.15, 0.2) is 5.69 Å². The number of hydrogen-bond acceptors (Lipinski definition) is 6. The number of nitrogens with zero attached hydrogens (tertiary/aromatic N) is 6. The molecule has 0 aliphatic rings. The number of carbonyl (C=O) groups excluding carboxylic acids is 1. The van der Waals surface area contributed by atoms with Crippen LogP contribution in [0.1, 0.15) is 21.7 Å². The quantitative estimate of drug-likeness (QED) is 0.407. The molecule has 132 valence electrons. The van der Waals surface area contributed by atoms with Crippen LogP contribution in [0.4, 0.5) is 5.82 Å². The summed E-state index contributed by atoms with van der Waals surface area (Å²) in [6.07, 6.45) is 3.03. The van der Waals surface area contributed by atoms with Crippen LogP contribution in [0.5, 0.6) is 0 Å². The van der Waals surface area contributed by atoms with Crippen molar-refractivity contribution in [3.05, 3.63) is 75.7 Å². The number of aryl methyl sites for hydroxylation is 1. The molecule has 10 heteroatoms. The van der Waals surface area contributed by atoms with E-state index in [-0.39, 0.29) is 12.2 Å². The van der Waals surface area contributed by atoms with E-state index in [2.05, 4.69) is 20.7 Å². The predicted octanol–water partition coefficient (Wildman–Crippen LogP) is 1.34. The maximum absolute atomic E-state index is 12.4. The maximum Gasteiger partial charge on any atom is 0.390 e. The monoisotopic (exact) mass is 353 g/mol. The van der Waals surface area contributed by atoms with Crippen LogP contribution in [-0.4, -0.2) is 36.6 Å². The Morgan fingerprint density at radius 1 is 1.35 bits per heavy atom. The fourth-order valence-corrected chi connectivity index (χ4v) is 2.28. The molecule has 1 aromatic carbocycles. The van der Waals surface area contributed by atoms with Crippen molar-refractivity contribution in [2.45, 2.75) is 6.54 Å². The van der Waals surface area contributed by atoms with Crippen LogP contribution in [0.25, 0.3) is 0 Å². The Morgan fingerprint density at radius 3 is 2.77 bits per heavy atom. The minimum Gasteiger partial charge on any atom is -0.358 e. The summed E-state index contributed by atoms with van der Waals surface area (Å²) in [5, 5.41) is 22.7. The minimum absolute atomic E-state index is 0.0442. The maximum atomic E-state index is 12.4. The zero-order chi connectivity index (χ0) is 18.5. The van der Waals surface area contributed by atoms with E-state index in [4.69, 9.17) is 0 Å². The second-order valence-electron chi connectivity index (χ2n) is 5.37. The van der Waals surface area contributed by atoms with E-state index >= 15 is 0 Å². The molecule has 3 rings (SSSR count). The van der Waals surface area contributed by atoms with Crippen LogP contribution in [0.15, 0.2) is 53.8 Å². The van der Waals surface area contributed by atoms with Gasteiger partial charge in [0.25, 0.3) is 5.91 Å². The van der Waals surface area contributed by atoms with Crippen LogP contribution < -0.4 is 5.43 Å². The predicted molar refractivity (Wildman–Crippen MR) is 92.7 cm³/mol. The average Bonchev–Trinajstić information content (AvgIpc) is 3.22. The summed E-state index contributed by atoms with van der Waals surface area (Å²) in [6.45, 7) is 0.225. The Kier molecular flexibility index (Phi) is 4.83. The summed E-state index contributed by atoms with van der Waals surface area (Å²) in [6, 6.07) is 12.1. The lowest BCUT2D eigenvalue weighted by molar-refractivity contribution is -0.389. The van der Waals surface area contributed by atoms with Crippen LogP contribution in [0.3, 0.4) is 0 Å². The smallest absolute Gasteiger partial charge is 0.358 e. The number of amides is 1. The van der Waals surface area contributed by atoms with E-state index in [0.29, 0.717) is 5.69 Å². The van der Waals surface area contributed by atoms with E-state index in [1.165, 1.54) is 10.9 Å². The number of benzene rings is 1. The Labute approximate surface area is 147 Å². The van der Waals surface area contributed by atoms with Crippen molar-refractivity contribution in [2.75, 3.05) is 0 Å². The Morgan fingerprint density at radius 2 is 2.12 bits per heavy atom. The van der Waals surface area contributed by atoms with Crippen molar-refractivity contribution in [1.29, 1.82) is 0 Å². The molecule has 0 atom stereocenters. The summed E-state index contributed by atoms with van der Waals surface area (Å²) in [5.74, 6) is -0.998. The topological polar surface area (TPSA) is 120 Å². The number of carbonyl (C=O) groups is 1. The van der Waals surface area contributed by atoms with Crippen molar-refractivity contribution in [2.24, 2.45) is 12.1 Å². The van der Waals surface area contributed by atoms with Gasteiger partial charge in [-0.15, -0.1) is 0 Å². The average molecular weight is 353 g/mol. The molecule has 2 aromatic heterocycles. The van der Waals surface area contributed by atoms with Gasteiger partial charge in [-0.2, -0.15) is 14.9 Å². The van der Waals surface area contributed by atoms with Crippen LogP contribution in [0.2, 0.25) is 0 Å². The third-order valence-electron chi connectivity index (χ3n) is 3.58. The van der Waals surface area contributed by atoms with Crippen LogP contribution >= 0.6 is 0 Å². The molecule has 10 nitrogen and oxygen atoms in total. The summed E-state index contributed by atoms with van der Waals surface area (Å²) < 4.78 is 2.86. The van der Waals surface area contributed by atoms with Crippen molar-refractivity contribution < 1.29 is 9.72 Å². The van der Waals surface area contributed by atoms with E-state index in [9.17, 15) is 14.9 Å². The van der Waals surface area contributed by atoms with Crippen LogP contribution in [-0.2, 0) is 13.6 Å². The largest absolute Gasteiger partial charge is 0.390 e. The van der Waals surface area contributed by atoms with Crippen molar-refractivity contribution in [3.63, 3.8) is 0 Å². The number of rotatable bonds is 6. The van der Waals surface area contributed by atoms with Crippen molar-refractivity contribution >= 4 is 17.9 Å². The van der Waals surface area contributed by atoms with E-state index in [0.717, 1.165) is 11.6 Å². The highest BCUT2D eigenvalue weighted by Gasteiger charge is 2.23. The first-order valence-electron chi connectivity index (χ1n) is 7.62. The molecule has 1 amide bonds. The molecule has 0 fully saturated rings. The highest BCUT2D eigenvalue weighted by atomic mass is 16.6. The van der Waals surface area contributed by atoms with Gasteiger partial charge < -0.3 is 10.1 Å². The second-order valence-corrected chi connectivity index (χ2v) is 5.37. The van der Waals surface area contributed by atoms with Crippen LogP contribution in [0, 0.1) is 10.1 Å². The molecule has 0 saturated heterocycles. The van der Waals surface area contributed by atoms with E-state index in [1.54, 1.807) is 24.0 Å². The minimum atomic E-state index is -0.642. The van der Waals surface area contributed by atoms with Gasteiger partial charge in [0.2, 0.25) is 0 Å². The second kappa shape index (κ2) is 7.38. The molecular formula is C16H15N7O3. The summed E-state index contributed by atoms with van der Waals surface area (Å²) >= 11 is 0. The molecular weight excluding hydrogens is 338 g/mol. The van der Waals surface area contributed by atoms with Gasteiger partial charge in [0, 0.05) is 13.2 Å². The first kappa shape index (κ1) is 17.0. The molecule has 0 radical (unpaired) electrons. The van der Waals surface area contributed by atoms with Gasteiger partial charge in [-0.3, -0.25) is 9.48 Å². The highest BCUT2D eigenvalue weighted by molar-refractivity contribution is 5.93. The number of nitro groups is 1. The summed E-state index contributed by atoms with van der Waals surface area (Å²) in [7, 11) is 1.74. The third kappa shape index (κ3) is 3.80. The lowest BCUT2D eigenvalue weighted by Crippen LogP contribution is -2.22. The molecule has 3 aromatic rings. The zero-order valence-corrected chi connectivity index (χ0v) is 13.8. The molecule has 2 heterocycles. The van der Waals surface area contributed by atoms with E-state index < -0.39 is 16.6 Å². The molecule has 0 aliphatic carbocycles. The lowest BCUT2D eigenvalue weighted by atomic mass is 10.2. The number of hydrazone groups is 1. The standard InChI is InChI=1S/C16H15N7O3/c1-21-13(7-8-18-21)10-17-19-16(24)14-9-15(23(25)26)20-22(14)11-12-5-3-2-4-6-12/h2-10H,11H2,1H3,(H,19,24)/b17-10-. The Balaban J connectivity index is 1.80. The third-order valence-corrected chi connectivity index (χ3v) is 3.58. The van der Waals surface area contributed by atoms with Gasteiger partial charge in [-0.05, 0) is 16.6 Å². The molecule has 0 aliphatic heterocycles. The Hall–Kier alpha value is -3.82. The Bertz CT molecular complexity index is 959. The van der Waals surface area contributed by atoms with Gasteiger partial charge in [-0.25, -0.2) is 5.43 Å². The fraction of sp³-hybridized carbons (Fsp3) is 0.125. The van der Waals surface area contributed by atoms with Crippen molar-refractivity contribution in [1.82, 2.24) is 25.0 Å². The van der Waals surface area contributed by atoms with Gasteiger partial charge in [0.05, 0.1) is 29.6 Å². The molecule has 26 heavy (non-hydrogen) atoms. The normalized spacial score (nSPS) is 11.0. The van der Waals surface area contributed by atoms with Gasteiger partial charge in [-0.1, -0.05) is 30.3 Å². The lowest BCUT2D eigenvalue weighted by Gasteiger charge is -2.02. The molecule has 1 N–H and O–H groups in total. The molecule has 0 bridgehead atoms. The number of aromatic nitrogens is 4. The van der Waals surface area contributed by atoms with Gasteiger partial charge >= 0.3 is 5.82 Å². The summed E-state index contributed by atoms with van der Waals surface area (Å²) in [5.41, 5.74) is 3.94. The first-order chi connectivity index (χ1) is 12.5. The summed E-state index contributed by atoms with van der Waals surface area (Å²) in [4.78, 5) is 22.7. The van der Waals surface area contributed by atoms with E-state index in [1.807, 2.05) is 30.3 Å². The first-order valence-corrected chi connectivity index (χ1v) is 7.62. The van der Waals surface area contributed by atoms with Crippen molar-refractivity contribution in [3.8, 4) is 0 Å². The zero-order valence-electron chi connectivity index (χ0n) is 13.8. The SMILES string of the molecule is Cn1nccc1/C=N\NC(=O)c1cc([N+](=O)[O-])nn1Cc1ccccc1. The molecule has 0 unspecified atom stereocenters. The number of hydrogen-bond donors (Lipinski definition) is 1. The molecule has 0 saturated carbocycles. The highest BCUT2D eigenvalue weighted by Crippen LogP contribution is 2.14. The molecule has 0 spiro atoms. The number of nitrogens with one attached hydrogen (secondary N) is 1. The van der Waals surface area contributed by atoms with Gasteiger partial charge in [0.1, 0.15) is 0 Å².